The van der Waals surface area contributed by atoms with Gasteiger partial charge in [0.2, 0.25) is 6.79 Å². The van der Waals surface area contributed by atoms with E-state index >= 15 is 0 Å². The Balaban J connectivity index is 1.47. The van der Waals surface area contributed by atoms with Gasteiger partial charge in [0.25, 0.3) is 5.56 Å². The maximum absolute atomic E-state index is 12.8. The molecular weight excluding hydrogens is 428 g/mol. The highest BCUT2D eigenvalue weighted by Crippen LogP contribution is 2.35. The van der Waals surface area contributed by atoms with Crippen LogP contribution in [0.5, 0.6) is 11.5 Å². The van der Waals surface area contributed by atoms with E-state index in [-0.39, 0.29) is 12.4 Å². The maximum atomic E-state index is 12.8. The number of rotatable bonds is 9. The molecule has 9 heteroatoms. The van der Waals surface area contributed by atoms with E-state index in [2.05, 4.69) is 27.0 Å². The summed E-state index contributed by atoms with van der Waals surface area (Å²) in [6.45, 7) is 8.98. The Kier molecular flexibility index (Phi) is 7.83. The molecule has 1 aromatic carbocycles. The van der Waals surface area contributed by atoms with E-state index in [1.807, 2.05) is 18.2 Å². The molecule has 2 aliphatic rings. The van der Waals surface area contributed by atoms with Gasteiger partial charge in [-0.1, -0.05) is 13.3 Å². The van der Waals surface area contributed by atoms with Crippen LogP contribution < -0.4 is 20.3 Å². The van der Waals surface area contributed by atoms with Gasteiger partial charge in [0.15, 0.2) is 16.6 Å². The molecule has 0 spiro atoms. The van der Waals surface area contributed by atoms with E-state index in [1.165, 1.54) is 0 Å². The van der Waals surface area contributed by atoms with Crippen LogP contribution >= 0.6 is 12.2 Å². The summed E-state index contributed by atoms with van der Waals surface area (Å²) in [6, 6.07) is 5.66. The van der Waals surface area contributed by atoms with Gasteiger partial charge in [-0.05, 0) is 37.2 Å². The lowest BCUT2D eigenvalue weighted by Gasteiger charge is -2.29. The van der Waals surface area contributed by atoms with E-state index in [0.717, 1.165) is 76.1 Å². The molecule has 4 rings (SSSR count). The number of hydrogen-bond acceptors (Lipinski definition) is 6. The fourth-order valence-electron chi connectivity index (χ4n) is 4.01. The third-order valence-corrected chi connectivity index (χ3v) is 6.28. The molecule has 8 nitrogen and oxygen atoms in total. The fraction of sp³-hybridized carbons (Fsp3) is 0.565. The second kappa shape index (κ2) is 11.0. The Labute approximate surface area is 193 Å². The fourth-order valence-corrected chi connectivity index (χ4v) is 4.27. The van der Waals surface area contributed by atoms with E-state index in [9.17, 15) is 4.79 Å². The number of hydrogen-bond donors (Lipinski definition) is 2. The summed E-state index contributed by atoms with van der Waals surface area (Å²) in [6.07, 6.45) is 3.14. The van der Waals surface area contributed by atoms with Crippen molar-refractivity contribution in [1.82, 2.24) is 20.1 Å². The van der Waals surface area contributed by atoms with Crippen molar-refractivity contribution in [3.8, 4) is 11.5 Å². The zero-order valence-corrected chi connectivity index (χ0v) is 19.5. The Bertz CT molecular complexity index is 990. The Morgan fingerprint density at radius 3 is 2.75 bits per heavy atom. The Morgan fingerprint density at radius 1 is 1.19 bits per heavy atom. The lowest BCUT2D eigenvalue weighted by atomic mass is 10.1. The first kappa shape index (κ1) is 22.8. The van der Waals surface area contributed by atoms with Gasteiger partial charge < -0.3 is 29.4 Å². The minimum absolute atomic E-state index is 0.106. The summed E-state index contributed by atoms with van der Waals surface area (Å²) in [5.41, 5.74) is 1.32. The number of ether oxygens (including phenoxy) is 3. The molecule has 0 amide bonds. The lowest BCUT2D eigenvalue weighted by Crippen LogP contribution is -2.43. The number of H-pyrrole nitrogens is 1. The van der Waals surface area contributed by atoms with Crippen molar-refractivity contribution in [1.29, 1.82) is 0 Å². The molecule has 0 bridgehead atoms. The highest BCUT2D eigenvalue weighted by Gasteiger charge is 2.18. The number of nitrogens with one attached hydrogen (secondary N) is 2. The van der Waals surface area contributed by atoms with Crippen LogP contribution in [0.1, 0.15) is 31.7 Å². The zero-order valence-electron chi connectivity index (χ0n) is 18.7. The molecule has 32 heavy (non-hydrogen) atoms. The van der Waals surface area contributed by atoms with Gasteiger partial charge in [-0.15, -0.1) is 0 Å². The van der Waals surface area contributed by atoms with Gasteiger partial charge in [-0.2, -0.15) is 0 Å². The molecule has 0 saturated carbocycles. The number of aromatic nitrogens is 1. The van der Waals surface area contributed by atoms with Crippen LogP contribution in [-0.4, -0.2) is 72.6 Å². The first-order valence-electron chi connectivity index (χ1n) is 11.4. The topological polar surface area (TPSA) is 79.1 Å². The summed E-state index contributed by atoms with van der Waals surface area (Å²) in [5, 5.41) is 4.98. The van der Waals surface area contributed by atoms with Crippen LogP contribution in [-0.2, 0) is 11.3 Å². The van der Waals surface area contributed by atoms with Gasteiger partial charge in [0, 0.05) is 49.7 Å². The molecule has 1 saturated heterocycles. The number of nitrogens with zero attached hydrogens (tertiary/aromatic N) is 2. The third kappa shape index (κ3) is 5.70. The molecular formula is C23H32N4O4S. The van der Waals surface area contributed by atoms with Gasteiger partial charge in [-0.25, -0.2) is 0 Å². The van der Waals surface area contributed by atoms with Gasteiger partial charge in [0.05, 0.1) is 25.3 Å². The molecule has 0 aliphatic carbocycles. The van der Waals surface area contributed by atoms with Crippen molar-refractivity contribution in [2.75, 3.05) is 52.7 Å². The average molecular weight is 461 g/mol. The van der Waals surface area contributed by atoms with Crippen molar-refractivity contribution in [2.45, 2.75) is 32.7 Å². The molecule has 0 atom stereocenters. The van der Waals surface area contributed by atoms with E-state index in [4.69, 9.17) is 26.4 Å². The summed E-state index contributed by atoms with van der Waals surface area (Å²) in [4.78, 5) is 20.3. The molecule has 0 radical (unpaired) electrons. The van der Waals surface area contributed by atoms with E-state index < -0.39 is 0 Å². The zero-order chi connectivity index (χ0) is 22.3. The summed E-state index contributed by atoms with van der Waals surface area (Å²) in [7, 11) is 0. The van der Waals surface area contributed by atoms with Gasteiger partial charge in [0.1, 0.15) is 0 Å². The third-order valence-electron chi connectivity index (χ3n) is 5.88. The van der Waals surface area contributed by atoms with Crippen LogP contribution in [0, 0.1) is 0 Å². The molecule has 0 unspecified atom stereocenters. The number of aromatic amines is 1. The lowest BCUT2D eigenvalue weighted by molar-refractivity contribution is 0.0367. The number of benzene rings is 1. The molecule has 2 aliphatic heterocycles. The van der Waals surface area contributed by atoms with Crippen LogP contribution in [0.15, 0.2) is 23.0 Å². The predicted molar refractivity (Wildman–Crippen MR) is 128 cm³/mol. The quantitative estimate of drug-likeness (QED) is 0.437. The molecule has 2 aromatic rings. The Hall–Kier alpha value is -2.36. The number of thiocarbonyl (C=S) groups is 1. The molecule has 174 valence electrons. The highest BCUT2D eigenvalue weighted by molar-refractivity contribution is 7.80. The van der Waals surface area contributed by atoms with Crippen LogP contribution in [0.3, 0.4) is 0 Å². The second-order valence-corrected chi connectivity index (χ2v) is 8.62. The SMILES string of the molecule is CCCCNC(=S)N(CCCN1CCOCC1)Cc1cc2cc3c(cc2[nH]c1=O)OCO3. The molecule has 1 fully saturated rings. The predicted octanol–water partition coefficient (Wildman–Crippen LogP) is 2.46. The highest BCUT2D eigenvalue weighted by atomic mass is 32.1. The second-order valence-electron chi connectivity index (χ2n) is 8.23. The number of morpholine rings is 1. The van der Waals surface area contributed by atoms with Crippen molar-refractivity contribution in [2.24, 2.45) is 0 Å². The first-order valence-corrected chi connectivity index (χ1v) is 11.8. The molecule has 1 aromatic heterocycles. The first-order chi connectivity index (χ1) is 15.6. The Morgan fingerprint density at radius 2 is 1.97 bits per heavy atom. The van der Waals surface area contributed by atoms with E-state index in [0.29, 0.717) is 28.7 Å². The van der Waals surface area contributed by atoms with Crippen molar-refractivity contribution < 1.29 is 14.2 Å². The van der Waals surface area contributed by atoms with Crippen molar-refractivity contribution >= 4 is 28.2 Å². The van der Waals surface area contributed by atoms with Gasteiger partial charge in [-0.3, -0.25) is 9.69 Å². The number of unbranched alkanes of at least 4 members (excludes halogenated alkanes) is 1. The van der Waals surface area contributed by atoms with Crippen LogP contribution in [0.25, 0.3) is 10.9 Å². The van der Waals surface area contributed by atoms with Crippen molar-refractivity contribution in [3.05, 3.63) is 34.1 Å². The van der Waals surface area contributed by atoms with E-state index in [1.54, 1.807) is 0 Å². The standard InChI is InChI=1S/C23H32N4O4S/c1-2-3-5-24-23(32)27(7-4-6-26-8-10-29-11-9-26)15-18-12-17-13-20-21(31-16-30-20)14-19(17)25-22(18)28/h12-14H,2-11,15-16H2,1H3,(H,24,32)(H,25,28). The molecule has 2 N–H and O–H groups in total. The average Bonchev–Trinajstić information content (AvgIpc) is 3.25. The summed E-state index contributed by atoms with van der Waals surface area (Å²) < 4.78 is 16.4. The summed E-state index contributed by atoms with van der Waals surface area (Å²) in [5.74, 6) is 1.36. The van der Waals surface area contributed by atoms with Gasteiger partial charge >= 0.3 is 0 Å². The van der Waals surface area contributed by atoms with Crippen LogP contribution in [0.2, 0.25) is 0 Å². The van der Waals surface area contributed by atoms with Crippen molar-refractivity contribution in [3.63, 3.8) is 0 Å². The maximum Gasteiger partial charge on any atom is 0.253 e. The molecule has 3 heterocycles. The minimum atomic E-state index is -0.106. The normalized spacial score (nSPS) is 15.8. The number of pyridine rings is 1. The van der Waals surface area contributed by atoms with Crippen LogP contribution in [0.4, 0.5) is 0 Å². The smallest absolute Gasteiger partial charge is 0.253 e. The largest absolute Gasteiger partial charge is 0.454 e. The number of fused-ring (bicyclic) bond motifs is 2. The minimum Gasteiger partial charge on any atom is -0.454 e. The monoisotopic (exact) mass is 460 g/mol. The summed E-state index contributed by atoms with van der Waals surface area (Å²) >= 11 is 5.69.